The second-order valence-corrected chi connectivity index (χ2v) is 7.09. The third-order valence-electron chi connectivity index (χ3n) is 5.25. The van der Waals surface area contributed by atoms with Crippen LogP contribution in [0.25, 0.3) is 22.4 Å². The number of rotatable bonds is 3. The minimum absolute atomic E-state index is 0.0178. The molecule has 1 N–H and O–H groups in total. The van der Waals surface area contributed by atoms with E-state index in [0.717, 1.165) is 34.6 Å². The van der Waals surface area contributed by atoms with Crippen LogP contribution >= 0.6 is 0 Å². The van der Waals surface area contributed by atoms with Crippen LogP contribution in [0, 0.1) is 0 Å². The Balaban J connectivity index is 1.51. The maximum atomic E-state index is 12.8. The first kappa shape index (κ1) is 16.5. The summed E-state index contributed by atoms with van der Waals surface area (Å²) >= 11 is 0. The highest BCUT2D eigenvalue weighted by Gasteiger charge is 2.23. The normalized spacial score (nSPS) is 13.0. The monoisotopic (exact) mass is 369 g/mol. The zero-order valence-electron chi connectivity index (χ0n) is 15.5. The molecule has 0 saturated heterocycles. The Labute approximate surface area is 162 Å². The van der Waals surface area contributed by atoms with Crippen molar-refractivity contribution in [2.45, 2.75) is 13.1 Å². The third kappa shape index (κ3) is 2.79. The second kappa shape index (κ2) is 6.49. The van der Waals surface area contributed by atoms with Crippen LogP contribution in [0.2, 0.25) is 0 Å². The van der Waals surface area contributed by atoms with Crippen LogP contribution in [-0.4, -0.2) is 20.0 Å². The van der Waals surface area contributed by atoms with Crippen LogP contribution < -0.4 is 10.5 Å². The molecule has 2 aromatic heterocycles. The van der Waals surface area contributed by atoms with Crippen molar-refractivity contribution in [2.75, 3.05) is 4.90 Å². The summed E-state index contributed by atoms with van der Waals surface area (Å²) < 4.78 is 1.67. The number of fused-ring (bicyclic) bond motifs is 1. The van der Waals surface area contributed by atoms with E-state index in [2.05, 4.69) is 50.6 Å². The van der Waals surface area contributed by atoms with E-state index in [0.29, 0.717) is 6.54 Å². The van der Waals surface area contributed by atoms with Crippen LogP contribution in [0.1, 0.15) is 11.1 Å². The van der Waals surface area contributed by atoms with Gasteiger partial charge in [-0.15, -0.1) is 5.10 Å². The molecule has 0 bridgehead atoms. The molecule has 0 radical (unpaired) electrons. The zero-order chi connectivity index (χ0) is 19.1. The average molecular weight is 369 g/mol. The molecule has 1 aliphatic heterocycles. The molecule has 28 heavy (non-hydrogen) atoms. The number of aryl methyl sites for hydroxylation is 1. The zero-order valence-corrected chi connectivity index (χ0v) is 15.5. The van der Waals surface area contributed by atoms with Gasteiger partial charge in [-0.2, -0.15) is 0 Å². The van der Waals surface area contributed by atoms with Crippen LogP contribution in [-0.2, 0) is 20.1 Å². The van der Waals surface area contributed by atoms with Crippen LogP contribution in [0.4, 0.5) is 5.69 Å². The predicted octanol–water partition coefficient (Wildman–Crippen LogP) is 3.36. The van der Waals surface area contributed by atoms with Crippen molar-refractivity contribution in [2.24, 2.45) is 7.05 Å². The topological polar surface area (TPSA) is 66.8 Å². The Morgan fingerprint density at radius 2 is 1.75 bits per heavy atom. The molecule has 6 nitrogen and oxygen atoms in total. The molecule has 0 atom stereocenters. The molecule has 0 fully saturated rings. The van der Waals surface area contributed by atoms with Gasteiger partial charge in [0.1, 0.15) is 11.4 Å². The lowest BCUT2D eigenvalue weighted by Crippen LogP contribution is -2.27. The minimum atomic E-state index is 0.0178. The number of pyridine rings is 1. The third-order valence-corrected chi connectivity index (χ3v) is 5.25. The molecule has 4 aromatic rings. The van der Waals surface area contributed by atoms with Gasteiger partial charge in [-0.1, -0.05) is 47.7 Å². The highest BCUT2D eigenvalue weighted by molar-refractivity contribution is 5.68. The molecule has 6 heteroatoms. The SMILES string of the molecule is Cn1cc(-c2ccccc2)cc(N2Cc3ccc(-c4c[nH]nn4)cc3C2)c1=O. The number of hydrogen-bond donors (Lipinski definition) is 1. The van der Waals surface area contributed by atoms with E-state index in [1.807, 2.05) is 37.5 Å². The van der Waals surface area contributed by atoms with E-state index in [-0.39, 0.29) is 5.56 Å². The van der Waals surface area contributed by atoms with Gasteiger partial charge in [0.25, 0.3) is 5.56 Å². The molecule has 0 saturated carbocycles. The summed E-state index contributed by atoms with van der Waals surface area (Å²) in [7, 11) is 1.81. The second-order valence-electron chi connectivity index (χ2n) is 7.09. The van der Waals surface area contributed by atoms with Gasteiger partial charge in [-0.05, 0) is 28.8 Å². The van der Waals surface area contributed by atoms with E-state index in [1.165, 1.54) is 11.1 Å². The van der Waals surface area contributed by atoms with Crippen molar-refractivity contribution < 1.29 is 0 Å². The van der Waals surface area contributed by atoms with Gasteiger partial charge < -0.3 is 9.47 Å². The van der Waals surface area contributed by atoms with Crippen molar-refractivity contribution in [1.29, 1.82) is 0 Å². The number of nitrogens with one attached hydrogen (secondary N) is 1. The van der Waals surface area contributed by atoms with Crippen LogP contribution in [0.15, 0.2) is 71.8 Å². The first-order valence-corrected chi connectivity index (χ1v) is 9.19. The summed E-state index contributed by atoms with van der Waals surface area (Å²) in [5, 5.41) is 10.6. The summed E-state index contributed by atoms with van der Waals surface area (Å²) in [5.74, 6) is 0. The van der Waals surface area contributed by atoms with Gasteiger partial charge in [-0.25, -0.2) is 0 Å². The van der Waals surface area contributed by atoms with Crippen molar-refractivity contribution in [1.82, 2.24) is 20.0 Å². The van der Waals surface area contributed by atoms with E-state index < -0.39 is 0 Å². The van der Waals surface area contributed by atoms with Gasteiger partial charge in [0.15, 0.2) is 0 Å². The molecule has 0 aliphatic carbocycles. The molecule has 3 heterocycles. The lowest BCUT2D eigenvalue weighted by Gasteiger charge is -2.19. The summed E-state index contributed by atoms with van der Waals surface area (Å²) in [4.78, 5) is 15.0. The maximum Gasteiger partial charge on any atom is 0.273 e. The maximum absolute atomic E-state index is 12.8. The smallest absolute Gasteiger partial charge is 0.273 e. The van der Waals surface area contributed by atoms with Gasteiger partial charge in [0.05, 0.1) is 0 Å². The van der Waals surface area contributed by atoms with Gasteiger partial charge in [0, 0.05) is 43.7 Å². The summed E-state index contributed by atoms with van der Waals surface area (Å²) in [6, 6.07) is 18.5. The fourth-order valence-electron chi connectivity index (χ4n) is 3.78. The number of anilines is 1. The molecule has 0 amide bonds. The van der Waals surface area contributed by atoms with E-state index in [9.17, 15) is 4.79 Å². The van der Waals surface area contributed by atoms with E-state index in [1.54, 1.807) is 10.8 Å². The molecule has 2 aromatic carbocycles. The fraction of sp³-hybridized carbons (Fsp3) is 0.136. The van der Waals surface area contributed by atoms with Gasteiger partial charge >= 0.3 is 0 Å². The Morgan fingerprint density at radius 3 is 2.54 bits per heavy atom. The van der Waals surface area contributed by atoms with Crippen LogP contribution in [0.5, 0.6) is 0 Å². The van der Waals surface area contributed by atoms with E-state index in [4.69, 9.17) is 0 Å². The molecular formula is C22H19N5O. The molecule has 138 valence electrons. The molecule has 5 rings (SSSR count). The standard InChI is InChI=1S/C22H19N5O/c1-26-12-19(15-5-3-2-4-6-15)10-21(22(26)28)27-13-17-8-7-16(9-18(17)14-27)20-11-23-25-24-20/h2-12H,13-14H2,1H3,(H,23,24,25). The highest BCUT2D eigenvalue weighted by Crippen LogP contribution is 2.31. The Kier molecular flexibility index (Phi) is 3.83. The predicted molar refractivity (Wildman–Crippen MR) is 109 cm³/mol. The lowest BCUT2D eigenvalue weighted by molar-refractivity contribution is 0.814. The Bertz CT molecular complexity index is 1200. The number of aromatic amines is 1. The van der Waals surface area contributed by atoms with Crippen molar-refractivity contribution in [3.63, 3.8) is 0 Å². The molecular weight excluding hydrogens is 350 g/mol. The average Bonchev–Trinajstić information content (AvgIpc) is 3.39. The number of aromatic nitrogens is 4. The summed E-state index contributed by atoms with van der Waals surface area (Å²) in [5.41, 5.74) is 7.18. The van der Waals surface area contributed by atoms with Crippen molar-refractivity contribution in [3.8, 4) is 22.4 Å². The largest absolute Gasteiger partial charge is 0.358 e. The van der Waals surface area contributed by atoms with Gasteiger partial charge in [-0.3, -0.25) is 9.89 Å². The summed E-state index contributed by atoms with van der Waals surface area (Å²) in [6.07, 6.45) is 3.68. The van der Waals surface area contributed by atoms with E-state index >= 15 is 0 Å². The van der Waals surface area contributed by atoms with Crippen LogP contribution in [0.3, 0.4) is 0 Å². The molecule has 1 aliphatic rings. The Morgan fingerprint density at radius 1 is 0.929 bits per heavy atom. The molecule has 0 unspecified atom stereocenters. The number of hydrogen-bond acceptors (Lipinski definition) is 4. The van der Waals surface area contributed by atoms with Crippen molar-refractivity contribution >= 4 is 5.69 Å². The van der Waals surface area contributed by atoms with Crippen molar-refractivity contribution in [3.05, 3.63) is 88.5 Å². The first-order chi connectivity index (χ1) is 13.7. The Hall–Kier alpha value is -3.67. The lowest BCUT2D eigenvalue weighted by atomic mass is 10.1. The number of H-pyrrole nitrogens is 1. The highest BCUT2D eigenvalue weighted by atomic mass is 16.1. The fourth-order valence-corrected chi connectivity index (χ4v) is 3.78. The number of nitrogens with zero attached hydrogens (tertiary/aromatic N) is 4. The quantitative estimate of drug-likeness (QED) is 0.601. The minimum Gasteiger partial charge on any atom is -0.358 e. The summed E-state index contributed by atoms with van der Waals surface area (Å²) in [6.45, 7) is 1.43. The molecule has 0 spiro atoms. The number of benzene rings is 2. The first-order valence-electron chi connectivity index (χ1n) is 9.19. The van der Waals surface area contributed by atoms with Gasteiger partial charge in [0.2, 0.25) is 0 Å².